The minimum Gasteiger partial charge on any atom is -0.399 e. The first-order valence-electron chi connectivity index (χ1n) is 6.71. The fourth-order valence-electron chi connectivity index (χ4n) is 2.59. The summed E-state index contributed by atoms with van der Waals surface area (Å²) in [5.41, 5.74) is 8.89. The molecule has 2 aromatic carbocycles. The van der Waals surface area contributed by atoms with Gasteiger partial charge in [0.15, 0.2) is 0 Å². The summed E-state index contributed by atoms with van der Waals surface area (Å²) in [5.74, 6) is -0.517. The summed E-state index contributed by atoms with van der Waals surface area (Å²) >= 11 is 3.12. The fraction of sp³-hybridized carbons (Fsp3) is 0.188. The maximum atomic E-state index is 13.3. The second-order valence-electron chi connectivity index (χ2n) is 5.08. The van der Waals surface area contributed by atoms with Crippen LogP contribution in [-0.2, 0) is 6.42 Å². The molecule has 0 saturated carbocycles. The van der Waals surface area contributed by atoms with E-state index in [1.807, 2.05) is 18.2 Å². The van der Waals surface area contributed by atoms with Crippen molar-refractivity contribution >= 4 is 33.2 Å². The van der Waals surface area contributed by atoms with Gasteiger partial charge in [0.1, 0.15) is 5.82 Å². The van der Waals surface area contributed by atoms with E-state index in [0.717, 1.165) is 24.1 Å². The van der Waals surface area contributed by atoms with Crippen molar-refractivity contribution in [3.05, 3.63) is 57.8 Å². The molecule has 0 spiro atoms. The zero-order valence-corrected chi connectivity index (χ0v) is 12.9. The summed E-state index contributed by atoms with van der Waals surface area (Å²) in [6, 6.07) is 9.94. The summed E-state index contributed by atoms with van der Waals surface area (Å²) in [6.45, 7) is 0.643. The highest BCUT2D eigenvalue weighted by Gasteiger charge is 2.24. The van der Waals surface area contributed by atoms with Gasteiger partial charge in [0, 0.05) is 23.5 Å². The lowest BCUT2D eigenvalue weighted by molar-refractivity contribution is 0.0985. The first kappa shape index (κ1) is 14.1. The number of halogens is 2. The van der Waals surface area contributed by atoms with Crippen molar-refractivity contribution in [1.29, 1.82) is 0 Å². The van der Waals surface area contributed by atoms with E-state index in [-0.39, 0.29) is 16.2 Å². The van der Waals surface area contributed by atoms with E-state index < -0.39 is 0 Å². The molecule has 0 unspecified atom stereocenters. The Bertz CT molecular complexity index is 717. The number of nitrogen functional groups attached to an aromatic ring is 1. The molecule has 0 bridgehead atoms. The number of fused-ring (bicyclic) bond motifs is 1. The molecule has 1 aliphatic rings. The number of anilines is 2. The van der Waals surface area contributed by atoms with Gasteiger partial charge in [-0.05, 0) is 64.7 Å². The molecular formula is C16H14BrFN2O. The van der Waals surface area contributed by atoms with E-state index in [0.29, 0.717) is 17.8 Å². The lowest BCUT2D eigenvalue weighted by Crippen LogP contribution is -2.35. The predicted molar refractivity (Wildman–Crippen MR) is 85.0 cm³/mol. The lowest BCUT2D eigenvalue weighted by atomic mass is 10.00. The molecular weight excluding hydrogens is 335 g/mol. The van der Waals surface area contributed by atoms with Gasteiger partial charge in [0.05, 0.1) is 4.47 Å². The van der Waals surface area contributed by atoms with Gasteiger partial charge in [-0.25, -0.2) is 4.39 Å². The highest BCUT2D eigenvalue weighted by molar-refractivity contribution is 9.10. The summed E-state index contributed by atoms with van der Waals surface area (Å²) < 4.78 is 13.6. The van der Waals surface area contributed by atoms with Crippen molar-refractivity contribution in [2.24, 2.45) is 0 Å². The third-order valence-electron chi connectivity index (χ3n) is 3.64. The Morgan fingerprint density at radius 1 is 1.24 bits per heavy atom. The molecule has 3 rings (SSSR count). The Kier molecular flexibility index (Phi) is 3.68. The third kappa shape index (κ3) is 2.65. The van der Waals surface area contributed by atoms with E-state index in [1.165, 1.54) is 18.2 Å². The maximum Gasteiger partial charge on any atom is 0.258 e. The van der Waals surface area contributed by atoms with E-state index in [2.05, 4.69) is 15.9 Å². The molecule has 1 amide bonds. The van der Waals surface area contributed by atoms with Crippen molar-refractivity contribution in [1.82, 2.24) is 0 Å². The number of rotatable bonds is 1. The van der Waals surface area contributed by atoms with Crippen molar-refractivity contribution in [3.8, 4) is 0 Å². The molecule has 2 aromatic rings. The number of benzene rings is 2. The third-order valence-corrected chi connectivity index (χ3v) is 4.25. The van der Waals surface area contributed by atoms with Gasteiger partial charge in [0.2, 0.25) is 0 Å². The smallest absolute Gasteiger partial charge is 0.258 e. The fourth-order valence-corrected chi connectivity index (χ4v) is 2.97. The van der Waals surface area contributed by atoms with Crippen LogP contribution < -0.4 is 10.6 Å². The number of hydrogen-bond donors (Lipinski definition) is 1. The van der Waals surface area contributed by atoms with Crippen molar-refractivity contribution in [2.45, 2.75) is 12.8 Å². The molecule has 3 nitrogen and oxygen atoms in total. The highest BCUT2D eigenvalue weighted by atomic mass is 79.9. The largest absolute Gasteiger partial charge is 0.399 e. The predicted octanol–water partition coefficient (Wildman–Crippen LogP) is 3.76. The van der Waals surface area contributed by atoms with E-state index in [1.54, 1.807) is 4.90 Å². The second kappa shape index (κ2) is 5.48. The van der Waals surface area contributed by atoms with Crippen molar-refractivity contribution < 1.29 is 9.18 Å². The van der Waals surface area contributed by atoms with Crippen LogP contribution in [0.4, 0.5) is 15.8 Å². The van der Waals surface area contributed by atoms with E-state index in [4.69, 9.17) is 5.73 Å². The molecule has 21 heavy (non-hydrogen) atoms. The lowest BCUT2D eigenvalue weighted by Gasteiger charge is -2.30. The standard InChI is InChI=1S/C16H14BrFN2O/c17-13-8-11(4-6-14(13)18)16(21)20-7-1-2-10-3-5-12(19)9-15(10)20/h3-6,8-9H,1-2,7,19H2. The van der Waals surface area contributed by atoms with Gasteiger partial charge in [-0.15, -0.1) is 0 Å². The van der Waals surface area contributed by atoms with Gasteiger partial charge in [-0.3, -0.25) is 4.79 Å². The average Bonchev–Trinajstić information content (AvgIpc) is 2.48. The van der Waals surface area contributed by atoms with Gasteiger partial charge in [0.25, 0.3) is 5.91 Å². The van der Waals surface area contributed by atoms with Crippen LogP contribution in [-0.4, -0.2) is 12.5 Å². The molecule has 108 valence electrons. The Labute approximate surface area is 130 Å². The van der Waals surface area contributed by atoms with Gasteiger partial charge >= 0.3 is 0 Å². The molecule has 1 heterocycles. The summed E-state index contributed by atoms with van der Waals surface area (Å²) in [6.07, 6.45) is 1.84. The van der Waals surface area contributed by atoms with E-state index >= 15 is 0 Å². The molecule has 0 atom stereocenters. The molecule has 0 fully saturated rings. The molecule has 1 aliphatic heterocycles. The first-order valence-corrected chi connectivity index (χ1v) is 7.51. The SMILES string of the molecule is Nc1ccc2c(c1)N(C(=O)c1ccc(F)c(Br)c1)CCC2. The zero-order valence-electron chi connectivity index (χ0n) is 11.3. The Balaban J connectivity index is 1.99. The molecule has 0 radical (unpaired) electrons. The second-order valence-corrected chi connectivity index (χ2v) is 5.93. The summed E-state index contributed by atoms with van der Waals surface area (Å²) in [4.78, 5) is 14.4. The number of carbonyl (C=O) groups is 1. The molecule has 0 aromatic heterocycles. The van der Waals surface area contributed by atoms with Crippen LogP contribution in [0.3, 0.4) is 0 Å². The van der Waals surface area contributed by atoms with Gasteiger partial charge < -0.3 is 10.6 Å². The molecule has 0 aliphatic carbocycles. The Hall–Kier alpha value is -1.88. The molecule has 5 heteroatoms. The zero-order chi connectivity index (χ0) is 15.0. The van der Waals surface area contributed by atoms with Crippen LogP contribution >= 0.6 is 15.9 Å². The van der Waals surface area contributed by atoms with Crippen molar-refractivity contribution in [2.75, 3.05) is 17.2 Å². The average molecular weight is 349 g/mol. The summed E-state index contributed by atoms with van der Waals surface area (Å²) in [7, 11) is 0. The van der Waals surface area contributed by atoms with E-state index in [9.17, 15) is 9.18 Å². The number of nitrogens with two attached hydrogens (primary N) is 1. The Morgan fingerprint density at radius 3 is 2.81 bits per heavy atom. The number of carbonyl (C=O) groups excluding carboxylic acids is 1. The number of aryl methyl sites for hydroxylation is 1. The molecule has 2 N–H and O–H groups in total. The number of nitrogens with zero attached hydrogens (tertiary/aromatic N) is 1. The van der Waals surface area contributed by atoms with Crippen LogP contribution in [0.25, 0.3) is 0 Å². The number of amides is 1. The van der Waals surface area contributed by atoms with Crippen LogP contribution in [0, 0.1) is 5.82 Å². The van der Waals surface area contributed by atoms with Crippen LogP contribution in [0.2, 0.25) is 0 Å². The maximum absolute atomic E-state index is 13.3. The quantitative estimate of drug-likeness (QED) is 0.797. The molecule has 0 saturated heterocycles. The minimum absolute atomic E-state index is 0.137. The van der Waals surface area contributed by atoms with Gasteiger partial charge in [-0.1, -0.05) is 6.07 Å². The number of hydrogen-bond acceptors (Lipinski definition) is 2. The van der Waals surface area contributed by atoms with Gasteiger partial charge in [-0.2, -0.15) is 0 Å². The normalized spacial score (nSPS) is 13.9. The Morgan fingerprint density at radius 2 is 2.05 bits per heavy atom. The summed E-state index contributed by atoms with van der Waals surface area (Å²) in [5, 5.41) is 0. The first-order chi connectivity index (χ1) is 10.1. The monoisotopic (exact) mass is 348 g/mol. The van der Waals surface area contributed by atoms with Crippen LogP contribution in [0.1, 0.15) is 22.3 Å². The van der Waals surface area contributed by atoms with Crippen LogP contribution in [0.5, 0.6) is 0 Å². The highest BCUT2D eigenvalue weighted by Crippen LogP contribution is 2.30. The van der Waals surface area contributed by atoms with Crippen LogP contribution in [0.15, 0.2) is 40.9 Å². The minimum atomic E-state index is -0.380. The van der Waals surface area contributed by atoms with Crippen molar-refractivity contribution in [3.63, 3.8) is 0 Å². The topological polar surface area (TPSA) is 46.3 Å².